The van der Waals surface area contributed by atoms with E-state index in [0.717, 1.165) is 40.3 Å². The van der Waals surface area contributed by atoms with Gasteiger partial charge in [0.05, 0.1) is 0 Å². The van der Waals surface area contributed by atoms with Crippen molar-refractivity contribution in [2.45, 2.75) is 39.2 Å². The van der Waals surface area contributed by atoms with Gasteiger partial charge in [-0.05, 0) is 30.7 Å². The zero-order valence-electron chi connectivity index (χ0n) is 11.9. The van der Waals surface area contributed by atoms with Crippen LogP contribution in [-0.2, 0) is 12.8 Å². The maximum atomic E-state index is 4.29. The minimum Gasteiger partial charge on any atom is -0.315 e. The van der Waals surface area contributed by atoms with Crippen LogP contribution in [0.15, 0.2) is 28.7 Å². The lowest BCUT2D eigenvalue weighted by molar-refractivity contribution is 0.569. The van der Waals surface area contributed by atoms with E-state index in [1.54, 1.807) is 11.3 Å². The van der Waals surface area contributed by atoms with Gasteiger partial charge in [-0.15, -0.1) is 21.5 Å². The first kappa shape index (κ1) is 15.6. The zero-order valence-corrected chi connectivity index (χ0v) is 14.3. The maximum absolute atomic E-state index is 4.29. The average Bonchev–Trinajstić information content (AvgIpc) is 2.82. The van der Waals surface area contributed by atoms with Crippen LogP contribution in [0.5, 0.6) is 0 Å². The van der Waals surface area contributed by atoms with Crippen molar-refractivity contribution < 1.29 is 0 Å². The second-order valence-corrected chi connectivity index (χ2v) is 7.17. The van der Waals surface area contributed by atoms with Crippen LogP contribution in [0, 0.1) is 0 Å². The fourth-order valence-corrected chi connectivity index (χ4v) is 3.28. The maximum Gasteiger partial charge on any atom is 0.121 e. The summed E-state index contributed by atoms with van der Waals surface area (Å²) in [5.41, 5.74) is 1.27. The van der Waals surface area contributed by atoms with Gasteiger partial charge in [-0.3, -0.25) is 0 Å². The lowest BCUT2D eigenvalue weighted by atomic mass is 10.2. The molecule has 0 bridgehead atoms. The highest BCUT2D eigenvalue weighted by Gasteiger charge is 2.05. The summed E-state index contributed by atoms with van der Waals surface area (Å²) in [4.78, 5) is 0. The molecule has 0 atom stereocenters. The SMILES string of the molecule is CC(C)NCCCc1nnc(Cc2cccc(Br)c2)s1. The summed E-state index contributed by atoms with van der Waals surface area (Å²) in [6.45, 7) is 5.38. The Balaban J connectivity index is 1.83. The van der Waals surface area contributed by atoms with Crippen molar-refractivity contribution in [2.24, 2.45) is 0 Å². The number of hydrogen-bond acceptors (Lipinski definition) is 4. The van der Waals surface area contributed by atoms with Gasteiger partial charge in [-0.2, -0.15) is 0 Å². The van der Waals surface area contributed by atoms with E-state index in [1.807, 2.05) is 6.07 Å². The highest BCUT2D eigenvalue weighted by atomic mass is 79.9. The van der Waals surface area contributed by atoms with Crippen LogP contribution in [-0.4, -0.2) is 22.8 Å². The Bertz CT molecular complexity index is 539. The molecule has 0 aliphatic rings. The molecule has 0 fully saturated rings. The Morgan fingerprint density at radius 1 is 1.25 bits per heavy atom. The number of nitrogens with one attached hydrogen (secondary N) is 1. The Kier molecular flexibility index (Phi) is 6.13. The van der Waals surface area contributed by atoms with E-state index < -0.39 is 0 Å². The molecule has 0 saturated heterocycles. The Labute approximate surface area is 133 Å². The summed E-state index contributed by atoms with van der Waals surface area (Å²) in [5.74, 6) is 0. The third-order valence-corrected chi connectivity index (χ3v) is 4.35. The Morgan fingerprint density at radius 3 is 2.80 bits per heavy atom. The lowest BCUT2D eigenvalue weighted by Crippen LogP contribution is -2.23. The number of hydrogen-bond donors (Lipinski definition) is 1. The van der Waals surface area contributed by atoms with Crippen molar-refractivity contribution >= 4 is 27.3 Å². The summed E-state index contributed by atoms with van der Waals surface area (Å²) in [6.07, 6.45) is 2.99. The zero-order chi connectivity index (χ0) is 14.4. The molecule has 0 amide bonds. The molecule has 3 nitrogen and oxygen atoms in total. The Morgan fingerprint density at radius 2 is 2.05 bits per heavy atom. The molecule has 2 rings (SSSR count). The molecule has 1 aromatic heterocycles. The van der Waals surface area contributed by atoms with E-state index in [1.165, 1.54) is 5.56 Å². The summed E-state index contributed by atoms with van der Waals surface area (Å²) < 4.78 is 1.11. The summed E-state index contributed by atoms with van der Waals surface area (Å²) in [7, 11) is 0. The van der Waals surface area contributed by atoms with Gasteiger partial charge in [0, 0.05) is 23.4 Å². The molecule has 20 heavy (non-hydrogen) atoms. The van der Waals surface area contributed by atoms with Crippen LogP contribution < -0.4 is 5.32 Å². The summed E-state index contributed by atoms with van der Waals surface area (Å²) in [5, 5.41) is 14.2. The molecule has 0 aliphatic heterocycles. The number of halogens is 1. The predicted molar refractivity (Wildman–Crippen MR) is 88.3 cm³/mol. The van der Waals surface area contributed by atoms with Gasteiger partial charge < -0.3 is 5.32 Å². The first-order valence-corrected chi connectivity index (χ1v) is 8.53. The van der Waals surface area contributed by atoms with Crippen molar-refractivity contribution in [3.8, 4) is 0 Å². The highest BCUT2D eigenvalue weighted by molar-refractivity contribution is 9.10. The molecule has 5 heteroatoms. The minimum absolute atomic E-state index is 0.552. The van der Waals surface area contributed by atoms with Crippen LogP contribution in [0.1, 0.15) is 35.8 Å². The molecular weight excluding hydrogens is 334 g/mol. The third-order valence-electron chi connectivity index (χ3n) is 2.87. The molecule has 0 unspecified atom stereocenters. The molecule has 1 aromatic carbocycles. The number of aryl methyl sites for hydroxylation is 1. The van der Waals surface area contributed by atoms with E-state index in [0.29, 0.717) is 6.04 Å². The predicted octanol–water partition coefficient (Wildman–Crippen LogP) is 3.82. The molecule has 0 radical (unpaired) electrons. The number of benzene rings is 1. The average molecular weight is 354 g/mol. The van der Waals surface area contributed by atoms with Crippen molar-refractivity contribution in [2.75, 3.05) is 6.54 Å². The first-order valence-electron chi connectivity index (χ1n) is 6.92. The fourth-order valence-electron chi connectivity index (χ4n) is 1.91. The van der Waals surface area contributed by atoms with Gasteiger partial charge in [0.1, 0.15) is 10.0 Å². The smallest absolute Gasteiger partial charge is 0.121 e. The number of nitrogens with zero attached hydrogens (tertiary/aromatic N) is 2. The quantitative estimate of drug-likeness (QED) is 0.768. The second kappa shape index (κ2) is 7.86. The normalized spacial score (nSPS) is 11.2. The van der Waals surface area contributed by atoms with Crippen LogP contribution in [0.3, 0.4) is 0 Å². The second-order valence-electron chi connectivity index (χ2n) is 5.11. The monoisotopic (exact) mass is 353 g/mol. The largest absolute Gasteiger partial charge is 0.315 e. The molecule has 108 valence electrons. The molecule has 1 N–H and O–H groups in total. The highest BCUT2D eigenvalue weighted by Crippen LogP contribution is 2.18. The van der Waals surface area contributed by atoms with Crippen molar-refractivity contribution in [1.29, 1.82) is 0 Å². The minimum atomic E-state index is 0.552. The van der Waals surface area contributed by atoms with E-state index >= 15 is 0 Å². The third kappa shape index (κ3) is 5.31. The first-order chi connectivity index (χ1) is 9.63. The number of aromatic nitrogens is 2. The van der Waals surface area contributed by atoms with Gasteiger partial charge in [-0.1, -0.05) is 41.9 Å². The number of rotatable bonds is 7. The van der Waals surface area contributed by atoms with E-state index in [-0.39, 0.29) is 0 Å². The van der Waals surface area contributed by atoms with Crippen LogP contribution in [0.25, 0.3) is 0 Å². The topological polar surface area (TPSA) is 37.8 Å². The van der Waals surface area contributed by atoms with Crippen LogP contribution in [0.4, 0.5) is 0 Å². The lowest BCUT2D eigenvalue weighted by Gasteiger charge is -2.05. The van der Waals surface area contributed by atoms with Gasteiger partial charge in [0.15, 0.2) is 0 Å². The van der Waals surface area contributed by atoms with Crippen molar-refractivity contribution in [1.82, 2.24) is 15.5 Å². The fraction of sp³-hybridized carbons (Fsp3) is 0.467. The van der Waals surface area contributed by atoms with Crippen LogP contribution in [0.2, 0.25) is 0 Å². The van der Waals surface area contributed by atoms with Crippen LogP contribution >= 0.6 is 27.3 Å². The molecule has 0 aliphatic carbocycles. The molecule has 0 saturated carbocycles. The summed E-state index contributed by atoms with van der Waals surface area (Å²) >= 11 is 5.22. The molecule has 1 heterocycles. The van der Waals surface area contributed by atoms with Gasteiger partial charge >= 0.3 is 0 Å². The van der Waals surface area contributed by atoms with Gasteiger partial charge in [0.25, 0.3) is 0 Å². The molecule has 0 spiro atoms. The molecule has 2 aromatic rings. The van der Waals surface area contributed by atoms with Crippen molar-refractivity contribution in [3.05, 3.63) is 44.3 Å². The standard InChI is InChI=1S/C15H20BrN3S/c1-11(2)17-8-4-7-14-18-19-15(20-14)10-12-5-3-6-13(16)9-12/h3,5-6,9,11,17H,4,7-8,10H2,1-2H3. The van der Waals surface area contributed by atoms with E-state index in [2.05, 4.69) is 63.5 Å². The van der Waals surface area contributed by atoms with E-state index in [9.17, 15) is 0 Å². The van der Waals surface area contributed by atoms with Gasteiger partial charge in [-0.25, -0.2) is 0 Å². The summed E-state index contributed by atoms with van der Waals surface area (Å²) in [6, 6.07) is 8.90. The van der Waals surface area contributed by atoms with Gasteiger partial charge in [0.2, 0.25) is 0 Å². The van der Waals surface area contributed by atoms with Crippen molar-refractivity contribution in [3.63, 3.8) is 0 Å². The Hall–Kier alpha value is -0.780. The van der Waals surface area contributed by atoms with E-state index in [4.69, 9.17) is 0 Å². The molecular formula is C15H20BrN3S.